The van der Waals surface area contributed by atoms with Crippen molar-refractivity contribution < 1.29 is 19.1 Å². The van der Waals surface area contributed by atoms with E-state index in [4.69, 9.17) is 21.4 Å². The number of benzene rings is 4. The number of aromatic hydroxyl groups is 1. The number of hydrogen-bond donors (Lipinski definition) is 3. The van der Waals surface area contributed by atoms with Crippen molar-refractivity contribution in [3.8, 4) is 23.0 Å². The number of thiocarbonyl (C=S) groups is 1. The van der Waals surface area contributed by atoms with Gasteiger partial charge in [0.05, 0.1) is 18.2 Å². The topological polar surface area (TPSA) is 96.6 Å². The van der Waals surface area contributed by atoms with Crippen molar-refractivity contribution in [2.24, 2.45) is 0 Å². The summed E-state index contributed by atoms with van der Waals surface area (Å²) in [7, 11) is 1.51. The minimum Gasteiger partial charge on any atom is -0.507 e. The number of methoxy groups -OCH3 is 1. The predicted molar refractivity (Wildman–Crippen MR) is 140 cm³/mol. The Bertz CT molecular complexity index is 1610. The summed E-state index contributed by atoms with van der Waals surface area (Å²) in [6, 6.07) is 21.9. The number of fused-ring (bicyclic) bond motifs is 2. The molecule has 0 saturated carbocycles. The van der Waals surface area contributed by atoms with Crippen molar-refractivity contribution in [2.45, 2.75) is 6.92 Å². The van der Waals surface area contributed by atoms with Crippen LogP contribution in [0.1, 0.15) is 15.9 Å². The highest BCUT2D eigenvalue weighted by molar-refractivity contribution is 7.80. The Labute approximate surface area is 206 Å². The lowest BCUT2D eigenvalue weighted by Crippen LogP contribution is -2.34. The number of rotatable bonds is 4. The molecule has 5 aromatic rings. The SMILES string of the molecule is COc1cc2ccccc2cc1C(=O)NC(=S)Nc1ccc(-c2nc3ccc(C)cc3o2)c(O)c1. The molecule has 4 aromatic carbocycles. The van der Waals surface area contributed by atoms with Crippen LogP contribution in [0.4, 0.5) is 5.69 Å². The van der Waals surface area contributed by atoms with E-state index >= 15 is 0 Å². The summed E-state index contributed by atoms with van der Waals surface area (Å²) in [5.41, 5.74) is 3.71. The lowest BCUT2D eigenvalue weighted by Gasteiger charge is -2.13. The van der Waals surface area contributed by atoms with Crippen LogP contribution in [0.5, 0.6) is 11.5 Å². The minimum absolute atomic E-state index is 0.0383. The Morgan fingerprint density at radius 1 is 1.03 bits per heavy atom. The molecule has 1 heterocycles. The number of carbonyl (C=O) groups excluding carboxylic acids is 1. The van der Waals surface area contributed by atoms with Crippen LogP contribution in [-0.2, 0) is 0 Å². The zero-order chi connectivity index (χ0) is 24.5. The predicted octanol–water partition coefficient (Wildman–Crippen LogP) is 5.80. The molecule has 1 amide bonds. The molecule has 0 unspecified atom stereocenters. The molecule has 0 aliphatic rings. The number of aromatic nitrogens is 1. The number of anilines is 1. The maximum absolute atomic E-state index is 12.9. The second-order valence-corrected chi connectivity index (χ2v) is 8.44. The lowest BCUT2D eigenvalue weighted by atomic mass is 10.1. The molecule has 0 bridgehead atoms. The first-order valence-corrected chi connectivity index (χ1v) is 11.2. The van der Waals surface area contributed by atoms with Crippen molar-refractivity contribution >= 4 is 50.8 Å². The Hall–Kier alpha value is -4.43. The van der Waals surface area contributed by atoms with Crippen molar-refractivity contribution in [3.63, 3.8) is 0 Å². The first kappa shape index (κ1) is 22.4. The van der Waals surface area contributed by atoms with Gasteiger partial charge in [-0.3, -0.25) is 10.1 Å². The van der Waals surface area contributed by atoms with E-state index in [1.165, 1.54) is 13.2 Å². The van der Waals surface area contributed by atoms with Crippen LogP contribution in [-0.4, -0.2) is 28.2 Å². The Morgan fingerprint density at radius 2 is 1.80 bits per heavy atom. The van der Waals surface area contributed by atoms with E-state index < -0.39 is 5.91 Å². The molecule has 35 heavy (non-hydrogen) atoms. The number of aryl methyl sites for hydroxylation is 1. The normalized spacial score (nSPS) is 10.9. The van der Waals surface area contributed by atoms with Gasteiger partial charge in [-0.1, -0.05) is 30.3 Å². The monoisotopic (exact) mass is 483 g/mol. The van der Waals surface area contributed by atoms with Crippen molar-refractivity contribution in [1.82, 2.24) is 10.3 Å². The molecule has 7 nitrogen and oxygen atoms in total. The van der Waals surface area contributed by atoms with Crippen LogP contribution in [0, 0.1) is 6.92 Å². The van der Waals surface area contributed by atoms with Crippen molar-refractivity contribution in [2.75, 3.05) is 12.4 Å². The Kier molecular flexibility index (Phi) is 5.80. The fourth-order valence-electron chi connectivity index (χ4n) is 3.84. The summed E-state index contributed by atoms with van der Waals surface area (Å²) in [6.45, 7) is 1.97. The van der Waals surface area contributed by atoms with Gasteiger partial charge in [-0.25, -0.2) is 4.98 Å². The zero-order valence-corrected chi connectivity index (χ0v) is 19.8. The molecule has 0 atom stereocenters. The number of carbonyl (C=O) groups is 1. The summed E-state index contributed by atoms with van der Waals surface area (Å²) < 4.78 is 11.2. The van der Waals surface area contributed by atoms with E-state index in [1.54, 1.807) is 18.2 Å². The zero-order valence-electron chi connectivity index (χ0n) is 19.0. The number of hydrogen-bond acceptors (Lipinski definition) is 6. The van der Waals surface area contributed by atoms with Crippen LogP contribution < -0.4 is 15.4 Å². The van der Waals surface area contributed by atoms with Gasteiger partial charge in [0, 0.05) is 11.8 Å². The highest BCUT2D eigenvalue weighted by Gasteiger charge is 2.16. The van der Waals surface area contributed by atoms with Crippen LogP contribution in [0.25, 0.3) is 33.3 Å². The second-order valence-electron chi connectivity index (χ2n) is 8.03. The van der Waals surface area contributed by atoms with Gasteiger partial charge >= 0.3 is 0 Å². The molecule has 174 valence electrons. The lowest BCUT2D eigenvalue weighted by molar-refractivity contribution is 0.0975. The number of nitrogens with zero attached hydrogens (tertiary/aromatic N) is 1. The van der Waals surface area contributed by atoms with Crippen LogP contribution in [0.15, 0.2) is 77.2 Å². The third-order valence-corrected chi connectivity index (χ3v) is 5.77. The molecule has 0 fully saturated rings. The van der Waals surface area contributed by atoms with Crippen LogP contribution in [0.3, 0.4) is 0 Å². The summed E-state index contributed by atoms with van der Waals surface area (Å²) >= 11 is 5.32. The second kappa shape index (κ2) is 9.08. The maximum Gasteiger partial charge on any atom is 0.261 e. The summed E-state index contributed by atoms with van der Waals surface area (Å²) in [5, 5.41) is 18.1. The van der Waals surface area contributed by atoms with Gasteiger partial charge in [0.2, 0.25) is 5.89 Å². The molecule has 0 radical (unpaired) electrons. The minimum atomic E-state index is -0.410. The van der Waals surface area contributed by atoms with E-state index in [9.17, 15) is 9.90 Å². The fourth-order valence-corrected chi connectivity index (χ4v) is 4.05. The number of ether oxygens (including phenoxy) is 1. The van der Waals surface area contributed by atoms with Gasteiger partial charge in [-0.15, -0.1) is 0 Å². The number of phenolic OH excluding ortho intramolecular Hbond substituents is 1. The number of phenols is 1. The number of amides is 1. The maximum atomic E-state index is 12.9. The summed E-state index contributed by atoms with van der Waals surface area (Å²) in [5.74, 6) is 0.310. The smallest absolute Gasteiger partial charge is 0.261 e. The average molecular weight is 484 g/mol. The van der Waals surface area contributed by atoms with Crippen LogP contribution in [0.2, 0.25) is 0 Å². The molecule has 8 heteroatoms. The first-order valence-electron chi connectivity index (χ1n) is 10.8. The molecule has 0 saturated heterocycles. The van der Waals surface area contributed by atoms with Crippen LogP contribution >= 0.6 is 12.2 Å². The van der Waals surface area contributed by atoms with E-state index in [0.29, 0.717) is 39.6 Å². The van der Waals surface area contributed by atoms with Gasteiger partial charge < -0.3 is 19.6 Å². The molecule has 0 spiro atoms. The third-order valence-electron chi connectivity index (χ3n) is 5.57. The Balaban J connectivity index is 1.32. The summed E-state index contributed by atoms with van der Waals surface area (Å²) in [4.78, 5) is 17.3. The largest absolute Gasteiger partial charge is 0.507 e. The molecule has 0 aliphatic heterocycles. The van der Waals surface area contributed by atoms with E-state index in [2.05, 4.69) is 15.6 Å². The Morgan fingerprint density at radius 3 is 2.54 bits per heavy atom. The van der Waals surface area contributed by atoms with Gasteiger partial charge in [-0.2, -0.15) is 0 Å². The summed E-state index contributed by atoms with van der Waals surface area (Å²) in [6.07, 6.45) is 0. The quantitative estimate of drug-likeness (QED) is 0.278. The molecule has 5 rings (SSSR count). The number of nitrogens with one attached hydrogen (secondary N) is 2. The van der Waals surface area contributed by atoms with Gasteiger partial charge in [0.25, 0.3) is 5.91 Å². The molecule has 0 aliphatic carbocycles. The van der Waals surface area contributed by atoms with Crippen molar-refractivity contribution in [3.05, 3.63) is 83.9 Å². The molecule has 1 aromatic heterocycles. The van der Waals surface area contributed by atoms with E-state index in [-0.39, 0.29) is 10.9 Å². The molecule has 3 N–H and O–H groups in total. The van der Waals surface area contributed by atoms with E-state index in [0.717, 1.165) is 16.3 Å². The molecular weight excluding hydrogens is 462 g/mol. The molecular formula is C27H21N3O4S. The van der Waals surface area contributed by atoms with E-state index in [1.807, 2.05) is 55.5 Å². The standard InChI is InChI=1S/C27H21N3O4S/c1-15-7-10-21-24(11-15)34-26(29-21)19-9-8-18(14-22(19)31)28-27(35)30-25(32)20-12-16-5-3-4-6-17(16)13-23(20)33-2/h3-14,31H,1-2H3,(H2,28,30,32,35). The fraction of sp³-hybridized carbons (Fsp3) is 0.0741. The van der Waals surface area contributed by atoms with Gasteiger partial charge in [-0.05, 0) is 71.9 Å². The first-order chi connectivity index (χ1) is 16.9. The van der Waals surface area contributed by atoms with Gasteiger partial charge in [0.15, 0.2) is 10.7 Å². The van der Waals surface area contributed by atoms with Crippen molar-refractivity contribution in [1.29, 1.82) is 0 Å². The average Bonchev–Trinajstić information content (AvgIpc) is 3.25. The third kappa shape index (κ3) is 4.51. The highest BCUT2D eigenvalue weighted by atomic mass is 32.1. The highest BCUT2D eigenvalue weighted by Crippen LogP contribution is 2.33. The van der Waals surface area contributed by atoms with Gasteiger partial charge in [0.1, 0.15) is 17.0 Å². The number of oxazole rings is 1.